The van der Waals surface area contributed by atoms with Gasteiger partial charge in [-0.15, -0.1) is 0 Å². The average molecular weight is 482 g/mol. The summed E-state index contributed by atoms with van der Waals surface area (Å²) < 4.78 is 19.7. The van der Waals surface area contributed by atoms with Crippen LogP contribution in [0, 0.1) is 11.7 Å². The van der Waals surface area contributed by atoms with Gasteiger partial charge in [-0.25, -0.2) is 4.39 Å². The lowest BCUT2D eigenvalue weighted by Gasteiger charge is -2.44. The third-order valence-electron chi connectivity index (χ3n) is 6.66. The molecule has 2 aromatic rings. The van der Waals surface area contributed by atoms with Crippen molar-refractivity contribution in [1.82, 2.24) is 15.1 Å². The minimum atomic E-state index is -0.991. The minimum absolute atomic E-state index is 0.0630. The van der Waals surface area contributed by atoms with Gasteiger partial charge in [-0.3, -0.25) is 19.3 Å². The number of carbonyl (C=O) groups excluding carboxylic acids is 3. The van der Waals surface area contributed by atoms with Gasteiger partial charge < -0.3 is 15.0 Å². The zero-order chi connectivity index (χ0) is 25.0. The minimum Gasteiger partial charge on any atom is -0.353 e. The highest BCUT2D eigenvalue weighted by Crippen LogP contribution is 2.38. The summed E-state index contributed by atoms with van der Waals surface area (Å²) in [5, 5.41) is 2.92. The summed E-state index contributed by atoms with van der Waals surface area (Å²) in [5.41, 5.74) is 0.243. The Morgan fingerprint density at radius 1 is 1.06 bits per heavy atom. The molecule has 2 fully saturated rings. The smallest absolute Gasteiger partial charge is 0.256 e. The normalized spacial score (nSPS) is 19.3. The summed E-state index contributed by atoms with van der Waals surface area (Å²) in [6.07, 6.45) is 1.29. The average Bonchev–Trinajstić information content (AvgIpc) is 3.21. The topological polar surface area (TPSA) is 79.0 Å². The maximum atomic E-state index is 13.6. The molecule has 3 amide bonds. The fourth-order valence-corrected chi connectivity index (χ4v) is 4.79. The Labute approximate surface area is 205 Å². The Morgan fingerprint density at radius 3 is 2.34 bits per heavy atom. The first kappa shape index (κ1) is 24.9. The summed E-state index contributed by atoms with van der Waals surface area (Å²) in [6.45, 7) is 5.29. The number of hydrogen-bond donors (Lipinski definition) is 1. The maximum Gasteiger partial charge on any atom is 0.256 e. The van der Waals surface area contributed by atoms with Crippen LogP contribution in [-0.2, 0) is 20.9 Å². The number of piperidine rings is 1. The lowest BCUT2D eigenvalue weighted by molar-refractivity contribution is -0.144. The molecule has 2 aliphatic rings. The Balaban J connectivity index is 1.54. The number of ether oxygens (including phenoxy) is 1. The number of hydrogen-bond acceptors (Lipinski definition) is 4. The van der Waals surface area contributed by atoms with Crippen LogP contribution in [0.4, 0.5) is 4.39 Å². The largest absolute Gasteiger partial charge is 0.353 e. The molecule has 1 spiro atoms. The van der Waals surface area contributed by atoms with Gasteiger partial charge in [0, 0.05) is 44.5 Å². The summed E-state index contributed by atoms with van der Waals surface area (Å²) in [5.74, 6) is -0.788. The lowest BCUT2D eigenvalue weighted by Crippen LogP contribution is -2.59. The molecular weight excluding hydrogens is 449 g/mol. The molecule has 8 heteroatoms. The van der Waals surface area contributed by atoms with Crippen LogP contribution in [0.2, 0.25) is 0 Å². The Morgan fingerprint density at radius 2 is 1.71 bits per heavy atom. The first-order valence-electron chi connectivity index (χ1n) is 12.1. The number of amides is 3. The number of halogens is 1. The second-order valence-electron chi connectivity index (χ2n) is 9.64. The van der Waals surface area contributed by atoms with Crippen LogP contribution >= 0.6 is 0 Å². The van der Waals surface area contributed by atoms with Crippen molar-refractivity contribution in [1.29, 1.82) is 0 Å². The molecule has 2 aromatic carbocycles. The molecule has 2 heterocycles. The van der Waals surface area contributed by atoms with Crippen LogP contribution in [0.25, 0.3) is 0 Å². The Hall–Kier alpha value is -3.26. The zero-order valence-corrected chi connectivity index (χ0v) is 20.2. The number of benzene rings is 2. The molecule has 7 nitrogen and oxygen atoms in total. The van der Waals surface area contributed by atoms with Crippen molar-refractivity contribution in [3.05, 3.63) is 71.5 Å². The second-order valence-corrected chi connectivity index (χ2v) is 9.64. The molecule has 0 aromatic heterocycles. The number of carbonyl (C=O) groups is 3. The van der Waals surface area contributed by atoms with E-state index in [4.69, 9.17) is 4.74 Å². The number of nitrogens with zero attached hydrogens (tertiary/aromatic N) is 2. The van der Waals surface area contributed by atoms with Crippen LogP contribution in [0.1, 0.15) is 49.0 Å². The van der Waals surface area contributed by atoms with E-state index in [1.165, 1.54) is 29.2 Å². The van der Waals surface area contributed by atoms with Crippen molar-refractivity contribution in [3.8, 4) is 0 Å². The first-order chi connectivity index (χ1) is 16.8. The fourth-order valence-electron chi connectivity index (χ4n) is 4.79. The molecule has 35 heavy (non-hydrogen) atoms. The highest BCUT2D eigenvalue weighted by molar-refractivity contribution is 5.98. The SMILES string of the molecule is CC(C)CC(=O)N1CCC2(CC1)OCC(C(=O)NCc1ccccc1)N2C(=O)c1ccc(F)cc1. The Bertz CT molecular complexity index is 1050. The molecule has 0 radical (unpaired) electrons. The van der Waals surface area contributed by atoms with Gasteiger partial charge in [-0.05, 0) is 35.7 Å². The van der Waals surface area contributed by atoms with Crippen molar-refractivity contribution in [3.63, 3.8) is 0 Å². The van der Waals surface area contributed by atoms with E-state index in [-0.39, 0.29) is 35.8 Å². The van der Waals surface area contributed by atoms with Gasteiger partial charge in [0.15, 0.2) is 0 Å². The maximum absolute atomic E-state index is 13.6. The van der Waals surface area contributed by atoms with Crippen LogP contribution in [0.3, 0.4) is 0 Å². The van der Waals surface area contributed by atoms with Gasteiger partial charge >= 0.3 is 0 Å². The fraction of sp³-hybridized carbons (Fsp3) is 0.444. The highest BCUT2D eigenvalue weighted by Gasteiger charge is 2.54. The third kappa shape index (κ3) is 5.53. The van der Waals surface area contributed by atoms with Gasteiger partial charge in [0.05, 0.1) is 6.61 Å². The van der Waals surface area contributed by atoms with E-state index in [1.54, 1.807) is 4.90 Å². The summed E-state index contributed by atoms with van der Waals surface area (Å²) in [6, 6.07) is 14.0. The van der Waals surface area contributed by atoms with Crippen molar-refractivity contribution in [2.24, 2.45) is 5.92 Å². The first-order valence-corrected chi connectivity index (χ1v) is 12.1. The van der Waals surface area contributed by atoms with Crippen molar-refractivity contribution in [2.45, 2.75) is 51.4 Å². The molecule has 0 aliphatic carbocycles. The van der Waals surface area contributed by atoms with Gasteiger partial charge in [0.25, 0.3) is 5.91 Å². The molecule has 0 bridgehead atoms. The van der Waals surface area contributed by atoms with Crippen molar-refractivity contribution < 1.29 is 23.5 Å². The molecule has 0 saturated carbocycles. The van der Waals surface area contributed by atoms with Gasteiger partial charge in [0.1, 0.15) is 17.6 Å². The monoisotopic (exact) mass is 481 g/mol. The van der Waals surface area contributed by atoms with Crippen LogP contribution in [-0.4, -0.2) is 59.0 Å². The number of rotatable bonds is 6. The molecule has 2 aliphatic heterocycles. The van der Waals surface area contributed by atoms with Crippen molar-refractivity contribution in [2.75, 3.05) is 19.7 Å². The molecule has 186 valence electrons. The molecule has 1 N–H and O–H groups in total. The van der Waals surface area contributed by atoms with Crippen LogP contribution in [0.5, 0.6) is 0 Å². The van der Waals surface area contributed by atoms with E-state index in [9.17, 15) is 18.8 Å². The van der Waals surface area contributed by atoms with E-state index in [2.05, 4.69) is 5.32 Å². The third-order valence-corrected chi connectivity index (χ3v) is 6.66. The predicted octanol–water partition coefficient (Wildman–Crippen LogP) is 3.35. The number of likely N-dealkylation sites (tertiary alicyclic amines) is 1. The molecule has 2 saturated heterocycles. The zero-order valence-electron chi connectivity index (χ0n) is 20.2. The van der Waals surface area contributed by atoms with E-state index in [1.807, 2.05) is 44.2 Å². The summed E-state index contributed by atoms with van der Waals surface area (Å²) in [7, 11) is 0. The Kier molecular flexibility index (Phi) is 7.50. The standard InChI is InChI=1S/C27H32FN3O4/c1-19(2)16-24(32)30-14-12-27(13-15-30)31(26(34)21-8-10-22(28)11-9-21)23(18-35-27)25(33)29-17-20-6-4-3-5-7-20/h3-11,19,23H,12-18H2,1-2H3,(H,29,33). The van der Waals surface area contributed by atoms with Gasteiger partial charge in [0.2, 0.25) is 11.8 Å². The van der Waals surface area contributed by atoms with Crippen molar-refractivity contribution >= 4 is 17.7 Å². The molecule has 4 rings (SSSR count). The van der Waals surface area contributed by atoms with E-state index in [0.717, 1.165) is 5.56 Å². The van der Waals surface area contributed by atoms with E-state index < -0.39 is 17.6 Å². The van der Waals surface area contributed by atoms with E-state index >= 15 is 0 Å². The van der Waals surface area contributed by atoms with Gasteiger partial charge in [-0.2, -0.15) is 0 Å². The van der Waals surface area contributed by atoms with E-state index in [0.29, 0.717) is 38.9 Å². The van der Waals surface area contributed by atoms with Gasteiger partial charge in [-0.1, -0.05) is 44.2 Å². The van der Waals surface area contributed by atoms with Crippen LogP contribution in [0.15, 0.2) is 54.6 Å². The predicted molar refractivity (Wildman–Crippen MR) is 129 cm³/mol. The quantitative estimate of drug-likeness (QED) is 0.687. The highest BCUT2D eigenvalue weighted by atomic mass is 19.1. The summed E-state index contributed by atoms with van der Waals surface area (Å²) in [4.78, 5) is 42.8. The number of nitrogens with one attached hydrogen (secondary N) is 1. The molecule has 1 unspecified atom stereocenters. The molecular formula is C27H32FN3O4. The lowest BCUT2D eigenvalue weighted by atomic mass is 9.96. The second kappa shape index (κ2) is 10.6. The summed E-state index contributed by atoms with van der Waals surface area (Å²) >= 11 is 0. The van der Waals surface area contributed by atoms with Crippen LogP contribution < -0.4 is 5.32 Å². The molecule has 1 atom stereocenters.